The number of carboxylic acid groups (broad SMARTS) is 1. The summed E-state index contributed by atoms with van der Waals surface area (Å²) in [6.45, 7) is 3.10. The average Bonchev–Trinajstić information content (AvgIpc) is 1.61. The van der Waals surface area contributed by atoms with Gasteiger partial charge in [0.2, 0.25) is 0 Å². The van der Waals surface area contributed by atoms with E-state index in [0.717, 1.165) is 6.08 Å². The van der Waals surface area contributed by atoms with Crippen LogP contribution in [0.3, 0.4) is 0 Å². The molecule has 0 radical (unpaired) electrons. The minimum Gasteiger partial charge on any atom is -0.478 e. The van der Waals surface area contributed by atoms with Crippen molar-refractivity contribution in [3.63, 3.8) is 0 Å². The van der Waals surface area contributed by atoms with E-state index in [1.807, 2.05) is 0 Å². The zero-order valence-electron chi connectivity index (χ0n) is 3.64. The number of rotatable bonds is 1. The smallest absolute Gasteiger partial charge is 0.336 e. The van der Waals surface area contributed by atoms with E-state index in [4.69, 9.17) is 5.11 Å². The third-order valence-corrected chi connectivity index (χ3v) is 0.298. The number of carboxylic acids is 1. The highest BCUT2D eigenvalue weighted by Crippen LogP contribution is 1.60. The molecule has 0 saturated carbocycles. The van der Waals surface area contributed by atoms with Gasteiger partial charge in [-0.3, -0.25) is 0 Å². The fourth-order valence-electron chi connectivity index (χ4n) is 0.113. The predicted octanol–water partition coefficient (Wildman–Crippen LogP) is 0.567. The molecule has 0 atom stereocenters. The van der Waals surface area contributed by atoms with Gasteiger partial charge >= 0.3 is 5.97 Å². The lowest BCUT2D eigenvalue weighted by molar-refractivity contribution is -0.131. The molecule has 1 N–H and O–H groups in total. The van der Waals surface area contributed by atoms with Gasteiger partial charge in [0.05, 0.1) is 6.08 Å². The molecule has 7 heavy (non-hydrogen) atoms. The quantitative estimate of drug-likeness (QED) is 0.382. The van der Waals surface area contributed by atoms with E-state index in [-0.39, 0.29) is 0 Å². The molecule has 0 amide bonds. The Hall–Kier alpha value is -1.23. The lowest BCUT2D eigenvalue weighted by Crippen LogP contribution is -1.82. The van der Waals surface area contributed by atoms with Gasteiger partial charge in [-0.05, 0) is 6.58 Å². The molecular weight excluding hydrogens is 92.1 g/mol. The van der Waals surface area contributed by atoms with Gasteiger partial charge in [0.15, 0.2) is 0 Å². The van der Waals surface area contributed by atoms with Crippen LogP contribution in [-0.4, -0.2) is 11.1 Å². The Balaban J connectivity index is 3.96. The normalized spacial score (nSPS) is 5.71. The van der Waals surface area contributed by atoms with E-state index in [9.17, 15) is 4.79 Å². The lowest BCUT2D eigenvalue weighted by atomic mass is 10.6. The van der Waals surface area contributed by atoms with Gasteiger partial charge < -0.3 is 5.11 Å². The molecule has 0 aliphatic heterocycles. The Morgan fingerprint density at radius 1 is 1.86 bits per heavy atom. The topological polar surface area (TPSA) is 37.3 Å². The fraction of sp³-hybridized carbons (Fsp3) is 0. The third kappa shape index (κ3) is 4.77. The standard InChI is InChI=1S/C5H4O2/c1-2-3-4-5(6)7/h4H,1H2,(H,6,7). The number of hydrogen-bond donors (Lipinski definition) is 1. The minimum absolute atomic E-state index is 0.840. The molecule has 0 spiro atoms. The average molecular weight is 96.1 g/mol. The molecule has 0 aromatic carbocycles. The Kier molecular flexibility index (Phi) is 2.46. The number of carbonyl (C=O) groups is 1. The van der Waals surface area contributed by atoms with Crippen LogP contribution >= 0.6 is 0 Å². The molecular formula is C5H4O2. The van der Waals surface area contributed by atoms with Gasteiger partial charge in [-0.15, -0.1) is 0 Å². The van der Waals surface area contributed by atoms with Crippen LogP contribution in [0, 0.1) is 0 Å². The van der Waals surface area contributed by atoms with Gasteiger partial charge in [0.1, 0.15) is 0 Å². The van der Waals surface area contributed by atoms with Crippen LogP contribution in [0.5, 0.6) is 0 Å². The van der Waals surface area contributed by atoms with E-state index in [0.29, 0.717) is 0 Å². The zero-order valence-corrected chi connectivity index (χ0v) is 3.64. The molecule has 0 aliphatic rings. The van der Waals surface area contributed by atoms with Crippen molar-refractivity contribution in [2.24, 2.45) is 0 Å². The van der Waals surface area contributed by atoms with Gasteiger partial charge in [-0.2, -0.15) is 0 Å². The first-order valence-corrected chi connectivity index (χ1v) is 1.61. The first kappa shape index (κ1) is 5.77. The highest BCUT2D eigenvalue weighted by atomic mass is 16.4. The van der Waals surface area contributed by atoms with Crippen molar-refractivity contribution in [1.29, 1.82) is 0 Å². The van der Waals surface area contributed by atoms with Gasteiger partial charge in [-0.1, -0.05) is 11.5 Å². The van der Waals surface area contributed by atoms with Crippen molar-refractivity contribution in [1.82, 2.24) is 0 Å². The van der Waals surface area contributed by atoms with Crippen molar-refractivity contribution >= 4 is 5.97 Å². The van der Waals surface area contributed by atoms with Crippen molar-refractivity contribution in [3.8, 4) is 0 Å². The maximum atomic E-state index is 9.57. The molecule has 0 rings (SSSR count). The molecule has 0 aromatic heterocycles. The monoisotopic (exact) mass is 96.0 g/mol. The molecule has 0 aliphatic carbocycles. The molecule has 0 saturated heterocycles. The summed E-state index contributed by atoms with van der Waals surface area (Å²) in [6.07, 6.45) is 0.840. The molecule has 0 heterocycles. The molecule has 0 fully saturated rings. The van der Waals surface area contributed by atoms with Crippen molar-refractivity contribution in [2.75, 3.05) is 0 Å². The second-order valence-electron chi connectivity index (χ2n) is 0.804. The Bertz CT molecular complexity index is 145. The summed E-state index contributed by atoms with van der Waals surface area (Å²) in [6, 6.07) is 0. The summed E-state index contributed by atoms with van der Waals surface area (Å²) < 4.78 is 0. The largest absolute Gasteiger partial charge is 0.478 e. The van der Waals surface area contributed by atoms with Crippen LogP contribution in [0.15, 0.2) is 24.1 Å². The van der Waals surface area contributed by atoms with Crippen molar-refractivity contribution < 1.29 is 9.90 Å². The highest BCUT2D eigenvalue weighted by Gasteiger charge is 1.77. The van der Waals surface area contributed by atoms with Crippen LogP contribution in [0.2, 0.25) is 0 Å². The van der Waals surface area contributed by atoms with E-state index in [2.05, 4.69) is 18.0 Å². The zero-order chi connectivity index (χ0) is 5.70. The third-order valence-electron chi connectivity index (χ3n) is 0.298. The molecule has 2 heteroatoms. The molecule has 2 nitrogen and oxygen atoms in total. The maximum Gasteiger partial charge on any atom is 0.336 e. The number of aliphatic carboxylic acids is 1. The Labute approximate surface area is 41.1 Å². The molecule has 0 aromatic rings. The number of hydrogen-bond acceptors (Lipinski definition) is 1. The maximum absolute atomic E-state index is 9.57. The highest BCUT2D eigenvalue weighted by molar-refractivity contribution is 5.79. The Morgan fingerprint density at radius 3 is 2.57 bits per heavy atom. The molecule has 0 unspecified atom stereocenters. The fourth-order valence-corrected chi connectivity index (χ4v) is 0.113. The second-order valence-corrected chi connectivity index (χ2v) is 0.804. The SMILES string of the molecule is C=C=C=CC(=O)O. The van der Waals surface area contributed by atoms with Crippen LogP contribution < -0.4 is 0 Å². The summed E-state index contributed by atoms with van der Waals surface area (Å²) in [7, 11) is 0. The van der Waals surface area contributed by atoms with Crippen LogP contribution in [0.1, 0.15) is 0 Å². The van der Waals surface area contributed by atoms with E-state index >= 15 is 0 Å². The first-order valence-electron chi connectivity index (χ1n) is 1.61. The first-order chi connectivity index (χ1) is 3.27. The molecule has 0 bridgehead atoms. The van der Waals surface area contributed by atoms with Gasteiger partial charge in [0.25, 0.3) is 0 Å². The van der Waals surface area contributed by atoms with Crippen LogP contribution in [-0.2, 0) is 4.79 Å². The summed E-state index contributed by atoms with van der Waals surface area (Å²) in [5, 5.41) is 7.86. The summed E-state index contributed by atoms with van der Waals surface area (Å²) in [4.78, 5) is 9.57. The molecule has 36 valence electrons. The summed E-state index contributed by atoms with van der Waals surface area (Å²) in [5.74, 6) is -1.03. The van der Waals surface area contributed by atoms with E-state index < -0.39 is 5.97 Å². The van der Waals surface area contributed by atoms with Crippen molar-refractivity contribution in [3.05, 3.63) is 24.1 Å². The second kappa shape index (κ2) is 2.98. The summed E-state index contributed by atoms with van der Waals surface area (Å²) >= 11 is 0. The van der Waals surface area contributed by atoms with Gasteiger partial charge in [-0.25, -0.2) is 4.79 Å². The van der Waals surface area contributed by atoms with Crippen LogP contribution in [0.4, 0.5) is 0 Å². The predicted molar refractivity (Wildman–Crippen MR) is 24.9 cm³/mol. The van der Waals surface area contributed by atoms with E-state index in [1.54, 1.807) is 0 Å². The Morgan fingerprint density at radius 2 is 2.43 bits per heavy atom. The minimum atomic E-state index is -1.03. The van der Waals surface area contributed by atoms with Crippen molar-refractivity contribution in [2.45, 2.75) is 0 Å². The summed E-state index contributed by atoms with van der Waals surface area (Å²) in [5.41, 5.74) is 4.32. The van der Waals surface area contributed by atoms with Gasteiger partial charge in [0, 0.05) is 0 Å². The van der Waals surface area contributed by atoms with E-state index in [1.165, 1.54) is 0 Å². The lowest BCUT2D eigenvalue weighted by Gasteiger charge is -1.65. The van der Waals surface area contributed by atoms with Crippen LogP contribution in [0.25, 0.3) is 0 Å².